The Bertz CT molecular complexity index is 3930. The van der Waals surface area contributed by atoms with Crippen molar-refractivity contribution in [1.29, 1.82) is 0 Å². The first kappa shape index (κ1) is 39.7. The fourth-order valence-electron chi connectivity index (χ4n) is 10.1. The first-order valence-corrected chi connectivity index (χ1v) is 25.5. The van der Waals surface area contributed by atoms with Gasteiger partial charge in [-0.15, -0.1) is 11.3 Å². The van der Waals surface area contributed by atoms with Gasteiger partial charge in [0.2, 0.25) is 0 Å². The summed E-state index contributed by atoms with van der Waals surface area (Å²) in [5.74, 6) is -0.346. The number of pyridine rings is 3. The molecule has 4 aromatic heterocycles. The molecular formula is C68H58FN3S. The number of aromatic nitrogens is 3. The van der Waals surface area contributed by atoms with Crippen LogP contribution < -0.4 is 0 Å². The van der Waals surface area contributed by atoms with E-state index in [0.717, 1.165) is 70.5 Å². The molecule has 0 N–H and O–H groups in total. The second-order valence-electron chi connectivity index (χ2n) is 20.1. The zero-order valence-electron chi connectivity index (χ0n) is 48.2. The van der Waals surface area contributed by atoms with Crippen molar-refractivity contribution < 1.29 is 14.0 Å². The summed E-state index contributed by atoms with van der Waals surface area (Å²) in [5, 5.41) is 1.74. The first-order valence-electron chi connectivity index (χ1n) is 28.2. The van der Waals surface area contributed by atoms with E-state index in [1.165, 1.54) is 29.7 Å². The lowest BCUT2D eigenvalue weighted by molar-refractivity contribution is 0.512. The minimum Gasteiger partial charge on any atom is -0.256 e. The van der Waals surface area contributed by atoms with E-state index in [1.807, 2.05) is 134 Å². The molecule has 0 aliphatic heterocycles. The van der Waals surface area contributed by atoms with Crippen LogP contribution in [0.5, 0.6) is 0 Å². The molecule has 73 heavy (non-hydrogen) atoms. The van der Waals surface area contributed by atoms with Crippen LogP contribution in [0.25, 0.3) is 76.2 Å². The van der Waals surface area contributed by atoms with Crippen molar-refractivity contribution in [3.8, 4) is 56.0 Å². The summed E-state index contributed by atoms with van der Waals surface area (Å²) < 4.78 is 84.0. The molecule has 4 heterocycles. The molecule has 0 fully saturated rings. The van der Waals surface area contributed by atoms with Gasteiger partial charge < -0.3 is 0 Å². The van der Waals surface area contributed by atoms with E-state index in [4.69, 9.17) is 19.1 Å². The van der Waals surface area contributed by atoms with Crippen LogP contribution in [0.2, 0.25) is 0 Å². The van der Waals surface area contributed by atoms with Crippen molar-refractivity contribution in [2.24, 2.45) is 0 Å². The average molecular weight is 975 g/mol. The Kier molecular flexibility index (Phi) is 10.9. The minimum absolute atomic E-state index is 0.0101. The smallest absolute Gasteiger partial charge is 0.132 e. The third-order valence-corrected chi connectivity index (χ3v) is 15.3. The molecule has 0 amide bonds. The maximum atomic E-state index is 15.8. The standard InChI is InChI=1S/C68H58FN3S/c1-45-18-15-16-25-55(45)59-39-63(58-27-17-26-56-57-32-33-60(69)64(66(57)73-65(56)58)51-23-13-8-14-24-51)70-42-52(59)29-28-46-36-47(40-67(2,3)53-30-34-61(71-43-53)49-19-9-6-10-20-49)38-48(37-46)41-68(4,5)54-31-35-62(72-44-54)50-21-11-7-12-22-50/h6-27,30-39,42-44H,28-29,40-41H2,1-5H3/i1D3,28D2,29D2. The maximum Gasteiger partial charge on any atom is 0.132 e. The van der Waals surface area contributed by atoms with Gasteiger partial charge in [-0.25, -0.2) is 4.39 Å². The van der Waals surface area contributed by atoms with Crippen LogP contribution in [0.4, 0.5) is 4.39 Å². The topological polar surface area (TPSA) is 38.7 Å². The number of rotatable bonds is 14. The van der Waals surface area contributed by atoms with Crippen molar-refractivity contribution in [2.75, 3.05) is 0 Å². The van der Waals surface area contributed by atoms with Crippen LogP contribution in [0.15, 0.2) is 213 Å². The number of hydrogen-bond acceptors (Lipinski definition) is 4. The fraction of sp³-hybridized carbons (Fsp3) is 0.162. The molecule has 7 aromatic carbocycles. The lowest BCUT2D eigenvalue weighted by atomic mass is 9.77. The van der Waals surface area contributed by atoms with E-state index in [1.54, 1.807) is 42.5 Å². The van der Waals surface area contributed by atoms with E-state index in [9.17, 15) is 5.48 Å². The van der Waals surface area contributed by atoms with Gasteiger partial charge in [-0.1, -0.05) is 191 Å². The van der Waals surface area contributed by atoms with Crippen LogP contribution in [0.1, 0.15) is 76.2 Å². The molecule has 0 aliphatic carbocycles. The summed E-state index contributed by atoms with van der Waals surface area (Å²) >= 11 is 1.43. The Morgan fingerprint density at radius 1 is 0.466 bits per heavy atom. The van der Waals surface area contributed by atoms with Crippen molar-refractivity contribution in [1.82, 2.24) is 15.0 Å². The molecule has 3 nitrogen and oxygen atoms in total. The van der Waals surface area contributed by atoms with Gasteiger partial charge in [-0.3, -0.25) is 15.0 Å². The predicted octanol–water partition coefficient (Wildman–Crippen LogP) is 17.8. The summed E-state index contributed by atoms with van der Waals surface area (Å²) in [5.41, 5.74) is 9.15. The van der Waals surface area contributed by atoms with Gasteiger partial charge in [-0.05, 0) is 129 Å². The molecule has 0 atom stereocenters. The highest BCUT2D eigenvalue weighted by Crippen LogP contribution is 2.45. The van der Waals surface area contributed by atoms with E-state index >= 15 is 4.39 Å². The molecule has 0 unspecified atom stereocenters. The number of thiophene rings is 1. The summed E-state index contributed by atoms with van der Waals surface area (Å²) in [6.45, 7) is 5.94. The van der Waals surface area contributed by atoms with E-state index < -0.39 is 30.4 Å². The van der Waals surface area contributed by atoms with Crippen LogP contribution in [-0.2, 0) is 36.4 Å². The van der Waals surface area contributed by atoms with Crippen molar-refractivity contribution in [3.63, 3.8) is 0 Å². The second kappa shape index (κ2) is 20.0. The van der Waals surface area contributed by atoms with Gasteiger partial charge in [-0.2, -0.15) is 0 Å². The highest BCUT2D eigenvalue weighted by molar-refractivity contribution is 7.26. The lowest BCUT2D eigenvalue weighted by Gasteiger charge is -2.28. The van der Waals surface area contributed by atoms with Crippen molar-refractivity contribution >= 4 is 31.5 Å². The Morgan fingerprint density at radius 2 is 1.00 bits per heavy atom. The molecule has 358 valence electrons. The monoisotopic (exact) mass is 974 g/mol. The summed E-state index contributed by atoms with van der Waals surface area (Å²) in [6, 6.07) is 60.6. The quantitative estimate of drug-likeness (QED) is 0.109. The summed E-state index contributed by atoms with van der Waals surface area (Å²) in [7, 11) is 0. The zero-order valence-corrected chi connectivity index (χ0v) is 42.1. The van der Waals surface area contributed by atoms with Crippen LogP contribution in [0, 0.1) is 12.7 Å². The van der Waals surface area contributed by atoms with Gasteiger partial charge in [0, 0.05) is 70.6 Å². The zero-order chi connectivity index (χ0) is 56.2. The van der Waals surface area contributed by atoms with Crippen molar-refractivity contribution in [3.05, 3.63) is 257 Å². The number of fused-ring (bicyclic) bond motifs is 3. The van der Waals surface area contributed by atoms with Crippen LogP contribution in [0.3, 0.4) is 0 Å². The Balaban J connectivity index is 1.03. The number of benzene rings is 7. The first-order chi connectivity index (χ1) is 38.2. The van der Waals surface area contributed by atoms with E-state index in [0.29, 0.717) is 29.7 Å². The number of halogens is 1. The van der Waals surface area contributed by atoms with Gasteiger partial charge in [0.25, 0.3) is 0 Å². The molecular weight excluding hydrogens is 910 g/mol. The minimum atomic E-state index is -2.81. The second-order valence-corrected chi connectivity index (χ2v) is 21.1. The Labute approximate surface area is 443 Å². The van der Waals surface area contributed by atoms with E-state index in [-0.39, 0.29) is 33.6 Å². The molecule has 0 bridgehead atoms. The number of hydrogen-bond donors (Lipinski definition) is 0. The predicted molar refractivity (Wildman–Crippen MR) is 305 cm³/mol. The lowest BCUT2D eigenvalue weighted by Crippen LogP contribution is -2.23. The fourth-order valence-corrected chi connectivity index (χ4v) is 11.5. The molecule has 0 spiro atoms. The van der Waals surface area contributed by atoms with Crippen molar-refractivity contribution in [2.45, 2.75) is 71.0 Å². The Morgan fingerprint density at radius 3 is 1.59 bits per heavy atom. The molecule has 0 saturated heterocycles. The van der Waals surface area contributed by atoms with E-state index in [2.05, 4.69) is 45.9 Å². The van der Waals surface area contributed by atoms with Gasteiger partial charge in [0.1, 0.15) is 5.82 Å². The molecule has 11 rings (SSSR count). The van der Waals surface area contributed by atoms with Crippen LogP contribution in [-0.4, -0.2) is 15.0 Å². The SMILES string of the molecule is [2H]C([2H])([2H])c1ccccc1-c1cc(-c2cccc3c2sc2c(-c4ccccc4)c(F)ccc23)ncc1C([2H])([2H])C([2H])([2H])c1cc(CC(C)(C)c2ccc(-c3ccccc3)nc2)cc(CC(C)(C)c2ccc(-c3ccccc3)nc2)c1. The van der Waals surface area contributed by atoms with Crippen LogP contribution >= 0.6 is 11.3 Å². The normalized spacial score (nSPS) is 13.9. The number of aryl methyl sites for hydroxylation is 3. The third kappa shape index (κ3) is 9.90. The van der Waals surface area contributed by atoms with Gasteiger partial charge in [0.15, 0.2) is 0 Å². The largest absolute Gasteiger partial charge is 0.256 e. The highest BCUT2D eigenvalue weighted by atomic mass is 32.1. The molecule has 0 aliphatic rings. The molecule has 11 aromatic rings. The number of nitrogens with zero attached hydrogens (tertiary/aromatic N) is 3. The van der Waals surface area contributed by atoms with Gasteiger partial charge >= 0.3 is 0 Å². The van der Waals surface area contributed by atoms with Gasteiger partial charge in [0.05, 0.1) is 17.1 Å². The maximum absolute atomic E-state index is 15.8. The molecule has 0 saturated carbocycles. The summed E-state index contributed by atoms with van der Waals surface area (Å²) in [4.78, 5) is 14.7. The third-order valence-electron chi connectivity index (χ3n) is 14.0. The molecule has 0 radical (unpaired) electrons. The molecule has 5 heteroatoms. The highest BCUT2D eigenvalue weighted by Gasteiger charge is 2.26. The summed E-state index contributed by atoms with van der Waals surface area (Å²) in [6.07, 6.45) is 0.593. The average Bonchev–Trinajstić information content (AvgIpc) is 4.03. The Hall–Kier alpha value is -7.86.